The fourth-order valence-corrected chi connectivity index (χ4v) is 2.08. The molecule has 7 heteroatoms. The van der Waals surface area contributed by atoms with E-state index < -0.39 is 0 Å². The van der Waals surface area contributed by atoms with Gasteiger partial charge in [-0.3, -0.25) is 4.79 Å². The minimum absolute atomic E-state index is 0. The van der Waals surface area contributed by atoms with Crippen molar-refractivity contribution in [2.45, 2.75) is 27.3 Å². The zero-order valence-corrected chi connectivity index (χ0v) is 17.3. The van der Waals surface area contributed by atoms with Gasteiger partial charge in [-0.2, -0.15) is 0 Å². The number of carbonyl (C=O) groups is 1. The van der Waals surface area contributed by atoms with Crippen molar-refractivity contribution in [1.29, 1.82) is 0 Å². The van der Waals surface area contributed by atoms with Crippen LogP contribution in [0.25, 0.3) is 0 Å². The van der Waals surface area contributed by atoms with E-state index in [0.29, 0.717) is 25.7 Å². The third kappa shape index (κ3) is 8.37. The van der Waals surface area contributed by atoms with Crippen molar-refractivity contribution in [2.24, 2.45) is 4.99 Å². The first-order chi connectivity index (χ1) is 11.1. The number of hydrogen-bond donors (Lipinski definition) is 2. The zero-order chi connectivity index (χ0) is 17.1. The van der Waals surface area contributed by atoms with Crippen LogP contribution in [0.1, 0.15) is 26.3 Å². The number of carbonyl (C=O) groups excluding carboxylic acids is 1. The number of aliphatic imine (C=N–C) groups is 1. The molecule has 0 atom stereocenters. The van der Waals surface area contributed by atoms with Gasteiger partial charge in [-0.05, 0) is 38.5 Å². The van der Waals surface area contributed by atoms with Crippen molar-refractivity contribution >= 4 is 35.8 Å². The zero-order valence-electron chi connectivity index (χ0n) is 15.0. The lowest BCUT2D eigenvalue weighted by Gasteiger charge is -2.22. The summed E-state index contributed by atoms with van der Waals surface area (Å²) in [5.41, 5.74) is 1.15. The maximum Gasteiger partial charge on any atom is 0.241 e. The highest BCUT2D eigenvalue weighted by atomic mass is 127. The average molecular weight is 448 g/mol. The summed E-state index contributed by atoms with van der Waals surface area (Å²) in [6.07, 6.45) is 0. The molecule has 6 nitrogen and oxygen atoms in total. The van der Waals surface area contributed by atoms with Crippen LogP contribution in [0.5, 0.6) is 5.75 Å². The highest BCUT2D eigenvalue weighted by molar-refractivity contribution is 14.0. The summed E-state index contributed by atoms with van der Waals surface area (Å²) < 4.78 is 5.45. The van der Waals surface area contributed by atoms with Gasteiger partial charge in [-0.1, -0.05) is 12.1 Å². The molecule has 0 aliphatic heterocycles. The molecule has 24 heavy (non-hydrogen) atoms. The van der Waals surface area contributed by atoms with Gasteiger partial charge in [0, 0.05) is 26.7 Å². The molecule has 0 bridgehead atoms. The van der Waals surface area contributed by atoms with Crippen LogP contribution in [-0.4, -0.2) is 50.1 Å². The first-order valence-electron chi connectivity index (χ1n) is 8.08. The summed E-state index contributed by atoms with van der Waals surface area (Å²) in [5.74, 6) is 1.51. The fraction of sp³-hybridized carbons (Fsp3) is 0.529. The summed E-state index contributed by atoms with van der Waals surface area (Å²) in [6.45, 7) is 8.73. The molecule has 1 rings (SSSR count). The molecular formula is C17H29IN4O2. The van der Waals surface area contributed by atoms with Crippen molar-refractivity contribution < 1.29 is 9.53 Å². The number of ether oxygens (including phenoxy) is 1. The Morgan fingerprint density at radius 2 is 1.75 bits per heavy atom. The van der Waals surface area contributed by atoms with Gasteiger partial charge in [0.05, 0.1) is 6.61 Å². The number of nitrogens with one attached hydrogen (secondary N) is 2. The number of halogens is 1. The predicted molar refractivity (Wildman–Crippen MR) is 109 cm³/mol. The highest BCUT2D eigenvalue weighted by Gasteiger charge is 2.08. The third-order valence-corrected chi connectivity index (χ3v) is 3.10. The third-order valence-electron chi connectivity index (χ3n) is 3.10. The average Bonchev–Trinajstić information content (AvgIpc) is 2.53. The smallest absolute Gasteiger partial charge is 0.241 e. The van der Waals surface area contributed by atoms with Crippen LogP contribution in [0.2, 0.25) is 0 Å². The molecule has 136 valence electrons. The topological polar surface area (TPSA) is 66.0 Å². The normalized spacial score (nSPS) is 10.6. The number of amides is 1. The molecule has 0 aliphatic rings. The Morgan fingerprint density at radius 1 is 1.12 bits per heavy atom. The van der Waals surface area contributed by atoms with Crippen LogP contribution in [0.3, 0.4) is 0 Å². The minimum Gasteiger partial charge on any atom is -0.494 e. The van der Waals surface area contributed by atoms with Gasteiger partial charge >= 0.3 is 0 Å². The van der Waals surface area contributed by atoms with Crippen LogP contribution in [-0.2, 0) is 11.3 Å². The van der Waals surface area contributed by atoms with E-state index in [1.807, 2.05) is 57.0 Å². The Kier molecular flexibility index (Phi) is 12.0. The summed E-state index contributed by atoms with van der Waals surface area (Å²) in [7, 11) is 1.95. The lowest BCUT2D eigenvalue weighted by molar-refractivity contribution is -0.119. The van der Waals surface area contributed by atoms with Crippen molar-refractivity contribution in [3.63, 3.8) is 0 Å². The van der Waals surface area contributed by atoms with Crippen molar-refractivity contribution in [1.82, 2.24) is 15.5 Å². The molecule has 1 amide bonds. The number of benzene rings is 1. The first kappa shape index (κ1) is 22.5. The van der Waals surface area contributed by atoms with E-state index >= 15 is 0 Å². The maximum absolute atomic E-state index is 11.6. The Bertz CT molecular complexity index is 506. The maximum atomic E-state index is 11.6. The first-order valence-corrected chi connectivity index (χ1v) is 8.08. The van der Waals surface area contributed by atoms with Gasteiger partial charge in [-0.25, -0.2) is 4.99 Å². The second-order valence-corrected chi connectivity index (χ2v) is 5.06. The molecule has 1 aromatic rings. The van der Waals surface area contributed by atoms with E-state index in [2.05, 4.69) is 15.6 Å². The molecular weight excluding hydrogens is 419 g/mol. The Morgan fingerprint density at radius 3 is 2.29 bits per heavy atom. The Labute approximate surface area is 162 Å². The highest BCUT2D eigenvalue weighted by Crippen LogP contribution is 2.13. The second-order valence-electron chi connectivity index (χ2n) is 5.06. The quantitative estimate of drug-likeness (QED) is 0.364. The van der Waals surface area contributed by atoms with E-state index in [4.69, 9.17) is 4.74 Å². The summed E-state index contributed by atoms with van der Waals surface area (Å²) >= 11 is 0. The van der Waals surface area contributed by atoms with Crippen LogP contribution >= 0.6 is 24.0 Å². The van der Waals surface area contributed by atoms with Gasteiger partial charge in [0.1, 0.15) is 12.3 Å². The lowest BCUT2D eigenvalue weighted by atomic mass is 10.2. The number of hydrogen-bond acceptors (Lipinski definition) is 3. The standard InChI is InChI=1S/C17H28N4O2.HI/c1-5-18-16(22)12-20-17(19-6-2)21(4)13-14-8-10-15(11-9-14)23-7-3;/h8-11H,5-7,12-13H2,1-4H3,(H,18,22)(H,19,20);1H. The molecule has 0 unspecified atom stereocenters. The SMILES string of the molecule is CCNC(=O)CN=C(NCC)N(C)Cc1ccc(OCC)cc1.I. The number of likely N-dealkylation sites (N-methyl/N-ethyl adjacent to an activating group) is 1. The Hall–Kier alpha value is -1.51. The summed E-state index contributed by atoms with van der Waals surface area (Å²) in [4.78, 5) is 17.9. The fourth-order valence-electron chi connectivity index (χ4n) is 2.08. The van der Waals surface area contributed by atoms with Crippen LogP contribution in [0.4, 0.5) is 0 Å². The summed E-state index contributed by atoms with van der Waals surface area (Å²) in [6, 6.07) is 8.00. The van der Waals surface area contributed by atoms with Crippen molar-refractivity contribution in [2.75, 3.05) is 33.3 Å². The van der Waals surface area contributed by atoms with Crippen molar-refractivity contribution in [3.8, 4) is 5.75 Å². The minimum atomic E-state index is -0.0719. The number of rotatable bonds is 8. The monoisotopic (exact) mass is 448 g/mol. The molecule has 0 saturated heterocycles. The molecule has 0 spiro atoms. The van der Waals surface area contributed by atoms with E-state index in [1.54, 1.807) is 0 Å². The van der Waals surface area contributed by atoms with Crippen LogP contribution < -0.4 is 15.4 Å². The number of nitrogens with zero attached hydrogens (tertiary/aromatic N) is 2. The van der Waals surface area contributed by atoms with Gasteiger partial charge in [0.2, 0.25) is 5.91 Å². The molecule has 0 aromatic heterocycles. The van der Waals surface area contributed by atoms with Crippen LogP contribution in [0, 0.1) is 0 Å². The van der Waals surface area contributed by atoms with E-state index in [-0.39, 0.29) is 36.4 Å². The van der Waals surface area contributed by atoms with Gasteiger partial charge in [-0.15, -0.1) is 24.0 Å². The molecule has 2 N–H and O–H groups in total. The van der Waals surface area contributed by atoms with Gasteiger partial charge in [0.15, 0.2) is 5.96 Å². The molecule has 0 aliphatic carbocycles. The number of guanidine groups is 1. The van der Waals surface area contributed by atoms with Gasteiger partial charge in [0.25, 0.3) is 0 Å². The van der Waals surface area contributed by atoms with E-state index in [1.165, 1.54) is 0 Å². The van der Waals surface area contributed by atoms with Gasteiger partial charge < -0.3 is 20.3 Å². The van der Waals surface area contributed by atoms with Crippen LogP contribution in [0.15, 0.2) is 29.3 Å². The Balaban J connectivity index is 0.00000529. The molecule has 0 fully saturated rings. The predicted octanol–water partition coefficient (Wildman–Crippen LogP) is 2.24. The van der Waals surface area contributed by atoms with Crippen molar-refractivity contribution in [3.05, 3.63) is 29.8 Å². The van der Waals surface area contributed by atoms with E-state index in [0.717, 1.165) is 17.9 Å². The van der Waals surface area contributed by atoms with E-state index in [9.17, 15) is 4.79 Å². The molecule has 1 aromatic carbocycles. The molecule has 0 heterocycles. The molecule has 0 radical (unpaired) electrons. The largest absolute Gasteiger partial charge is 0.494 e. The summed E-state index contributed by atoms with van der Waals surface area (Å²) in [5, 5.41) is 5.95. The molecule has 0 saturated carbocycles. The second kappa shape index (κ2) is 12.9. The lowest BCUT2D eigenvalue weighted by Crippen LogP contribution is -2.39.